The fourth-order valence-electron chi connectivity index (χ4n) is 3.53. The minimum absolute atomic E-state index is 0.0467. The zero-order chi connectivity index (χ0) is 27.0. The summed E-state index contributed by atoms with van der Waals surface area (Å²) in [7, 11) is -4.49. The first-order chi connectivity index (χ1) is 17.4. The zero-order valence-electron chi connectivity index (χ0n) is 19.8. The minimum atomic E-state index is -4.73. The highest BCUT2D eigenvalue weighted by atomic mass is 35.5. The first-order valence-electron chi connectivity index (χ1n) is 10.9. The van der Waals surface area contributed by atoms with Gasteiger partial charge in [-0.05, 0) is 56.7 Å². The van der Waals surface area contributed by atoms with Gasteiger partial charge in [-0.1, -0.05) is 22.8 Å². The largest absolute Gasteiger partial charge is 0.416 e. The van der Waals surface area contributed by atoms with Crippen molar-refractivity contribution in [2.24, 2.45) is 5.16 Å². The van der Waals surface area contributed by atoms with Crippen LogP contribution in [-0.2, 0) is 21.0 Å². The molecule has 4 aromatic rings. The molecule has 0 atom stereocenters. The summed E-state index contributed by atoms with van der Waals surface area (Å²) in [6.45, 7) is 4.77. The molecule has 0 aliphatic heterocycles. The van der Waals surface area contributed by atoms with Crippen molar-refractivity contribution in [1.29, 1.82) is 0 Å². The van der Waals surface area contributed by atoms with E-state index in [1.807, 2.05) is 0 Å². The SMILES string of the molecule is Cc1ccc(S(=O)(=O)Nc2cc(Cl)cnc2/C(=N\OC(C)C)c2ccnc3[nH]ccc23)cc1C(F)(F)F. The quantitative estimate of drug-likeness (QED) is 0.219. The predicted octanol–water partition coefficient (Wildman–Crippen LogP) is 5.92. The van der Waals surface area contributed by atoms with Crippen LogP contribution in [0.25, 0.3) is 11.0 Å². The molecule has 0 bridgehead atoms. The van der Waals surface area contributed by atoms with Gasteiger partial charge in [0.05, 0.1) is 21.2 Å². The van der Waals surface area contributed by atoms with Crippen LogP contribution in [0.15, 0.2) is 65.0 Å². The van der Waals surface area contributed by atoms with Gasteiger partial charge in [-0.25, -0.2) is 13.4 Å². The van der Waals surface area contributed by atoms with Crippen molar-refractivity contribution in [2.45, 2.75) is 37.9 Å². The van der Waals surface area contributed by atoms with Crippen molar-refractivity contribution in [3.05, 3.63) is 82.4 Å². The number of H-pyrrole nitrogens is 1. The fraction of sp³-hybridized carbons (Fsp3) is 0.208. The number of aryl methyl sites for hydroxylation is 1. The second kappa shape index (κ2) is 10.0. The highest BCUT2D eigenvalue weighted by molar-refractivity contribution is 7.92. The molecule has 8 nitrogen and oxygen atoms in total. The van der Waals surface area contributed by atoms with Crippen LogP contribution in [0.5, 0.6) is 0 Å². The predicted molar refractivity (Wildman–Crippen MR) is 134 cm³/mol. The number of rotatable bonds is 7. The van der Waals surface area contributed by atoms with Crippen molar-refractivity contribution in [3.63, 3.8) is 0 Å². The summed E-state index contributed by atoms with van der Waals surface area (Å²) in [5.74, 6) is 0. The molecule has 0 unspecified atom stereocenters. The lowest BCUT2D eigenvalue weighted by molar-refractivity contribution is -0.138. The first kappa shape index (κ1) is 26.4. The standard InChI is InChI=1S/C24H21ClF3N5O3S/c1-13(2)36-32-21(17-6-8-29-23-18(17)7-9-30-23)22-20(10-15(25)12-31-22)33-37(34,35)16-5-4-14(3)19(11-16)24(26,27)28/h4-13,33H,1-3H3,(H,29,30)/b32-21-. The van der Waals surface area contributed by atoms with Gasteiger partial charge in [0.2, 0.25) is 0 Å². The van der Waals surface area contributed by atoms with E-state index in [4.69, 9.17) is 16.4 Å². The van der Waals surface area contributed by atoms with Crippen molar-refractivity contribution in [1.82, 2.24) is 15.0 Å². The van der Waals surface area contributed by atoms with Crippen LogP contribution in [0.3, 0.4) is 0 Å². The third-order valence-electron chi connectivity index (χ3n) is 5.22. The summed E-state index contributed by atoms with van der Waals surface area (Å²) < 4.78 is 69.0. The van der Waals surface area contributed by atoms with Gasteiger partial charge in [0.1, 0.15) is 23.2 Å². The highest BCUT2D eigenvalue weighted by Gasteiger charge is 2.34. The summed E-state index contributed by atoms with van der Waals surface area (Å²) in [6, 6.07) is 7.47. The molecule has 0 fully saturated rings. The molecule has 0 amide bonds. The van der Waals surface area contributed by atoms with Crippen molar-refractivity contribution in [2.75, 3.05) is 4.72 Å². The van der Waals surface area contributed by atoms with Crippen LogP contribution in [-0.4, -0.2) is 35.2 Å². The molecule has 0 aliphatic carbocycles. The Kier molecular flexibility index (Phi) is 7.16. The zero-order valence-corrected chi connectivity index (χ0v) is 21.3. The van der Waals surface area contributed by atoms with Crippen LogP contribution >= 0.6 is 11.6 Å². The highest BCUT2D eigenvalue weighted by Crippen LogP contribution is 2.34. The van der Waals surface area contributed by atoms with Gasteiger partial charge in [-0.2, -0.15) is 13.2 Å². The number of hydrogen-bond donors (Lipinski definition) is 2. The Balaban J connectivity index is 1.86. The molecule has 3 heterocycles. The van der Waals surface area contributed by atoms with Crippen molar-refractivity contribution < 1.29 is 26.4 Å². The molecule has 0 saturated carbocycles. The molecule has 2 N–H and O–H groups in total. The lowest BCUT2D eigenvalue weighted by atomic mass is 10.0. The van der Waals surface area contributed by atoms with Crippen molar-refractivity contribution in [3.8, 4) is 0 Å². The van der Waals surface area contributed by atoms with Crippen LogP contribution in [0, 0.1) is 6.92 Å². The summed E-state index contributed by atoms with van der Waals surface area (Å²) >= 11 is 6.12. The molecular weight excluding hydrogens is 531 g/mol. The average Bonchev–Trinajstić information content (AvgIpc) is 3.29. The molecular formula is C24H21ClF3N5O3S. The number of aromatic nitrogens is 3. The van der Waals surface area contributed by atoms with E-state index in [2.05, 4.69) is 24.8 Å². The molecule has 0 radical (unpaired) electrons. The average molecular weight is 552 g/mol. The number of hydrogen-bond acceptors (Lipinski definition) is 6. The maximum atomic E-state index is 13.4. The molecule has 1 aromatic carbocycles. The molecule has 194 valence electrons. The van der Waals surface area contributed by atoms with Crippen LogP contribution in [0.2, 0.25) is 5.02 Å². The Morgan fingerprint density at radius 1 is 1.16 bits per heavy atom. The Morgan fingerprint density at radius 2 is 1.92 bits per heavy atom. The Morgan fingerprint density at radius 3 is 2.62 bits per heavy atom. The summed E-state index contributed by atoms with van der Waals surface area (Å²) in [5.41, 5.74) is 0.0137. The third-order valence-corrected chi connectivity index (χ3v) is 6.79. The topological polar surface area (TPSA) is 109 Å². The number of fused-ring (bicyclic) bond motifs is 1. The molecule has 13 heteroatoms. The maximum absolute atomic E-state index is 13.4. The Hall–Kier alpha value is -3.64. The molecule has 0 saturated heterocycles. The van der Waals surface area contributed by atoms with Gasteiger partial charge in [0, 0.05) is 29.5 Å². The van der Waals surface area contributed by atoms with Crippen LogP contribution in [0.1, 0.15) is 36.2 Å². The first-order valence-corrected chi connectivity index (χ1v) is 12.8. The second-order valence-corrected chi connectivity index (χ2v) is 10.4. The van der Waals surface area contributed by atoms with Crippen LogP contribution in [0.4, 0.5) is 18.9 Å². The smallest absolute Gasteiger partial charge is 0.393 e. The number of nitrogens with one attached hydrogen (secondary N) is 2. The van der Waals surface area contributed by atoms with Gasteiger partial charge in [0.25, 0.3) is 10.0 Å². The number of sulfonamides is 1. The minimum Gasteiger partial charge on any atom is -0.393 e. The van der Waals surface area contributed by atoms with E-state index in [1.54, 1.807) is 32.2 Å². The van der Waals surface area contributed by atoms with E-state index in [0.29, 0.717) is 22.7 Å². The molecule has 0 aliphatic rings. The molecule has 0 spiro atoms. The number of alkyl halides is 3. The number of benzene rings is 1. The van der Waals surface area contributed by atoms with Crippen molar-refractivity contribution >= 4 is 44.1 Å². The van der Waals surface area contributed by atoms with E-state index in [-0.39, 0.29) is 33.8 Å². The normalized spacial score (nSPS) is 12.8. The maximum Gasteiger partial charge on any atom is 0.416 e. The van der Waals surface area contributed by atoms with Gasteiger partial charge >= 0.3 is 6.18 Å². The summed E-state index contributed by atoms with van der Waals surface area (Å²) in [4.78, 5) is 16.4. The number of pyridine rings is 2. The lowest BCUT2D eigenvalue weighted by Gasteiger charge is -2.16. The van der Waals surface area contributed by atoms with E-state index >= 15 is 0 Å². The van der Waals surface area contributed by atoms with E-state index < -0.39 is 26.7 Å². The number of halogens is 4. The molecule has 4 rings (SSSR count). The monoisotopic (exact) mass is 551 g/mol. The summed E-state index contributed by atoms with van der Waals surface area (Å²) in [6.07, 6.45) is -0.543. The fourth-order valence-corrected chi connectivity index (χ4v) is 4.77. The number of anilines is 1. The van der Waals surface area contributed by atoms with E-state index in [0.717, 1.165) is 12.1 Å². The van der Waals surface area contributed by atoms with E-state index in [9.17, 15) is 21.6 Å². The van der Waals surface area contributed by atoms with Gasteiger partial charge < -0.3 is 9.82 Å². The number of oxime groups is 1. The number of aromatic amines is 1. The number of nitrogens with zero attached hydrogens (tertiary/aromatic N) is 3. The lowest BCUT2D eigenvalue weighted by Crippen LogP contribution is -2.19. The molecule has 3 aromatic heterocycles. The van der Waals surface area contributed by atoms with E-state index in [1.165, 1.54) is 25.4 Å². The van der Waals surface area contributed by atoms with Crippen LogP contribution < -0.4 is 4.72 Å². The van der Waals surface area contributed by atoms with Gasteiger partial charge in [0.15, 0.2) is 0 Å². The summed E-state index contributed by atoms with van der Waals surface area (Å²) in [5, 5.41) is 4.98. The molecule has 37 heavy (non-hydrogen) atoms. The van der Waals surface area contributed by atoms with Gasteiger partial charge in [-0.3, -0.25) is 9.71 Å². The van der Waals surface area contributed by atoms with Gasteiger partial charge in [-0.15, -0.1) is 0 Å². The second-order valence-electron chi connectivity index (χ2n) is 8.32. The Labute approximate surface area is 215 Å². The third kappa shape index (κ3) is 5.70. The Bertz CT molecular complexity index is 1600.